The number of hydrogen-bond donors (Lipinski definition) is 1. The van der Waals surface area contributed by atoms with Gasteiger partial charge in [-0.05, 0) is 5.56 Å². The average molecular weight is 263 g/mol. The van der Waals surface area contributed by atoms with Crippen molar-refractivity contribution in [1.29, 1.82) is 0 Å². The highest BCUT2D eigenvalue weighted by atomic mass is 16.6. The molecule has 0 aliphatic carbocycles. The highest BCUT2D eigenvalue weighted by Gasteiger charge is 2.59. The molecular weight excluding hydrogens is 250 g/mol. The summed E-state index contributed by atoms with van der Waals surface area (Å²) in [5, 5.41) is 9.09. The van der Waals surface area contributed by atoms with Gasteiger partial charge in [0.1, 0.15) is 18.8 Å². The third-order valence-electron chi connectivity index (χ3n) is 3.34. The van der Waals surface area contributed by atoms with Gasteiger partial charge in [-0.25, -0.2) is 9.59 Å². The first-order chi connectivity index (χ1) is 9.16. The second kappa shape index (κ2) is 4.55. The Kier molecular flexibility index (Phi) is 2.87. The normalized spacial score (nSPS) is 27.8. The molecule has 1 N–H and O–H groups in total. The quantitative estimate of drug-likeness (QED) is 0.818. The summed E-state index contributed by atoms with van der Waals surface area (Å²) in [6, 6.07) is 8.33. The van der Waals surface area contributed by atoms with E-state index in [0.29, 0.717) is 0 Å². The minimum Gasteiger partial charge on any atom is -0.480 e. The Balaban J connectivity index is 1.60. The van der Waals surface area contributed by atoms with E-state index in [0.717, 1.165) is 5.56 Å². The summed E-state index contributed by atoms with van der Waals surface area (Å²) in [5.74, 6) is -1.05. The maximum absolute atomic E-state index is 11.9. The first kappa shape index (κ1) is 12.0. The second-order valence-electron chi connectivity index (χ2n) is 4.61. The number of aliphatic carboxylic acids is 1. The van der Waals surface area contributed by atoms with E-state index in [1.54, 1.807) is 0 Å². The monoisotopic (exact) mass is 263 g/mol. The summed E-state index contributed by atoms with van der Waals surface area (Å²) >= 11 is 0. The lowest BCUT2D eigenvalue weighted by Crippen LogP contribution is -2.45. The molecule has 0 unspecified atom stereocenters. The van der Waals surface area contributed by atoms with Crippen molar-refractivity contribution < 1.29 is 24.2 Å². The molecule has 2 saturated heterocycles. The van der Waals surface area contributed by atoms with Gasteiger partial charge in [0.15, 0.2) is 6.04 Å². The van der Waals surface area contributed by atoms with Gasteiger partial charge in [0, 0.05) is 0 Å². The largest absolute Gasteiger partial charge is 0.480 e. The maximum atomic E-state index is 11.9. The van der Waals surface area contributed by atoms with Crippen LogP contribution >= 0.6 is 0 Å². The van der Waals surface area contributed by atoms with Gasteiger partial charge in [-0.15, -0.1) is 0 Å². The van der Waals surface area contributed by atoms with E-state index in [-0.39, 0.29) is 25.4 Å². The van der Waals surface area contributed by atoms with Crippen molar-refractivity contribution in [1.82, 2.24) is 4.90 Å². The number of epoxide rings is 1. The third kappa shape index (κ3) is 2.26. The molecule has 100 valence electrons. The molecule has 6 heteroatoms. The number of fused-ring (bicyclic) bond motifs is 1. The summed E-state index contributed by atoms with van der Waals surface area (Å²) in [4.78, 5) is 24.2. The van der Waals surface area contributed by atoms with E-state index >= 15 is 0 Å². The Morgan fingerprint density at radius 1 is 1.37 bits per heavy atom. The van der Waals surface area contributed by atoms with Gasteiger partial charge in [0.25, 0.3) is 0 Å². The predicted molar refractivity (Wildman–Crippen MR) is 63.4 cm³/mol. The smallest absolute Gasteiger partial charge is 0.411 e. The number of rotatable bonds is 3. The number of ether oxygens (including phenoxy) is 2. The Bertz CT molecular complexity index is 503. The van der Waals surface area contributed by atoms with Crippen molar-refractivity contribution in [3.63, 3.8) is 0 Å². The number of carboxylic acids is 1. The number of nitrogens with zero attached hydrogens (tertiary/aromatic N) is 1. The molecule has 3 atom stereocenters. The molecule has 6 nitrogen and oxygen atoms in total. The molecule has 19 heavy (non-hydrogen) atoms. The molecule has 3 rings (SSSR count). The fraction of sp³-hybridized carbons (Fsp3) is 0.385. The standard InChI is InChI=1S/C13H13NO5/c15-12(16)10-11-9(19-11)6-14(10)13(17)18-7-8-4-2-1-3-5-8/h1-5,9-11H,6-7H2,(H,15,16)/t9-,10-,11-/m0/s1. The molecule has 1 aromatic rings. The van der Waals surface area contributed by atoms with Gasteiger partial charge in [0.05, 0.1) is 6.54 Å². The van der Waals surface area contributed by atoms with Crippen molar-refractivity contribution >= 4 is 12.1 Å². The van der Waals surface area contributed by atoms with Crippen LogP contribution in [0.4, 0.5) is 4.79 Å². The Labute approximate surface area is 109 Å². The van der Waals surface area contributed by atoms with E-state index in [2.05, 4.69) is 0 Å². The Hall–Kier alpha value is -2.08. The zero-order valence-electron chi connectivity index (χ0n) is 10.1. The molecule has 0 radical (unpaired) electrons. The highest BCUT2D eigenvalue weighted by Crippen LogP contribution is 2.36. The molecular formula is C13H13NO5. The molecule has 2 aliphatic rings. The number of benzene rings is 1. The van der Waals surface area contributed by atoms with Crippen LogP contribution in [0.25, 0.3) is 0 Å². The van der Waals surface area contributed by atoms with Crippen LogP contribution in [0.2, 0.25) is 0 Å². The first-order valence-electron chi connectivity index (χ1n) is 6.02. The lowest BCUT2D eigenvalue weighted by atomic mass is 10.2. The number of carbonyl (C=O) groups is 2. The highest BCUT2D eigenvalue weighted by molar-refractivity contribution is 5.82. The molecule has 1 amide bonds. The van der Waals surface area contributed by atoms with Crippen LogP contribution in [-0.2, 0) is 20.9 Å². The van der Waals surface area contributed by atoms with E-state index in [1.807, 2.05) is 30.3 Å². The van der Waals surface area contributed by atoms with Crippen molar-refractivity contribution in [3.8, 4) is 0 Å². The fourth-order valence-electron chi connectivity index (χ4n) is 2.33. The van der Waals surface area contributed by atoms with Crippen LogP contribution in [0, 0.1) is 0 Å². The lowest BCUT2D eigenvalue weighted by Gasteiger charge is -2.22. The van der Waals surface area contributed by atoms with Gasteiger partial charge in [0.2, 0.25) is 0 Å². The zero-order valence-corrected chi connectivity index (χ0v) is 10.1. The number of carbonyl (C=O) groups excluding carboxylic acids is 1. The van der Waals surface area contributed by atoms with Crippen LogP contribution in [-0.4, -0.2) is 46.9 Å². The number of morpholine rings is 1. The van der Waals surface area contributed by atoms with Crippen LogP contribution in [0.3, 0.4) is 0 Å². The van der Waals surface area contributed by atoms with Gasteiger partial charge in [-0.1, -0.05) is 30.3 Å². The summed E-state index contributed by atoms with van der Waals surface area (Å²) in [7, 11) is 0. The van der Waals surface area contributed by atoms with Crippen LogP contribution < -0.4 is 0 Å². The van der Waals surface area contributed by atoms with Crippen molar-refractivity contribution in [2.75, 3.05) is 6.54 Å². The molecule has 2 aliphatic heterocycles. The van der Waals surface area contributed by atoms with Gasteiger partial charge >= 0.3 is 12.1 Å². The van der Waals surface area contributed by atoms with Crippen molar-refractivity contribution in [3.05, 3.63) is 35.9 Å². The Morgan fingerprint density at radius 2 is 2.11 bits per heavy atom. The predicted octanol–water partition coefficient (Wildman–Crippen LogP) is 0.859. The molecule has 0 spiro atoms. The average Bonchev–Trinajstić information content (AvgIpc) is 3.07. The minimum absolute atomic E-state index is 0.138. The van der Waals surface area contributed by atoms with E-state index in [4.69, 9.17) is 14.6 Å². The van der Waals surface area contributed by atoms with E-state index in [9.17, 15) is 9.59 Å². The summed E-state index contributed by atoms with van der Waals surface area (Å²) < 4.78 is 10.3. The SMILES string of the molecule is O=C(O)[C@@H]1[C@H]2O[C@H]2CN1C(=O)OCc1ccccc1. The molecule has 0 aromatic heterocycles. The lowest BCUT2D eigenvalue weighted by molar-refractivity contribution is -0.143. The van der Waals surface area contributed by atoms with Crippen LogP contribution in [0.15, 0.2) is 30.3 Å². The molecule has 0 bridgehead atoms. The van der Waals surface area contributed by atoms with Gasteiger partial charge in [-0.2, -0.15) is 0 Å². The number of hydrogen-bond acceptors (Lipinski definition) is 4. The molecule has 0 saturated carbocycles. The molecule has 2 heterocycles. The van der Waals surface area contributed by atoms with Gasteiger partial charge in [-0.3, -0.25) is 4.90 Å². The first-order valence-corrected chi connectivity index (χ1v) is 6.02. The third-order valence-corrected chi connectivity index (χ3v) is 3.34. The van der Waals surface area contributed by atoms with Crippen LogP contribution in [0.5, 0.6) is 0 Å². The zero-order chi connectivity index (χ0) is 13.4. The number of amides is 1. The number of likely N-dealkylation sites (tertiary alicyclic amines) is 1. The topological polar surface area (TPSA) is 79.4 Å². The van der Waals surface area contributed by atoms with Crippen molar-refractivity contribution in [2.45, 2.75) is 24.9 Å². The second-order valence-corrected chi connectivity index (χ2v) is 4.61. The van der Waals surface area contributed by atoms with Gasteiger partial charge < -0.3 is 14.6 Å². The van der Waals surface area contributed by atoms with Crippen LogP contribution in [0.1, 0.15) is 5.56 Å². The van der Waals surface area contributed by atoms with E-state index < -0.39 is 18.1 Å². The summed E-state index contributed by atoms with van der Waals surface area (Å²) in [6.07, 6.45) is -1.13. The van der Waals surface area contributed by atoms with E-state index in [1.165, 1.54) is 4.90 Å². The summed E-state index contributed by atoms with van der Waals surface area (Å²) in [6.45, 7) is 0.425. The van der Waals surface area contributed by atoms with Crippen molar-refractivity contribution in [2.24, 2.45) is 0 Å². The minimum atomic E-state index is -1.05. The molecule has 1 aromatic carbocycles. The number of carboxylic acid groups (broad SMARTS) is 1. The maximum Gasteiger partial charge on any atom is 0.411 e. The Morgan fingerprint density at radius 3 is 2.79 bits per heavy atom. The summed E-state index contributed by atoms with van der Waals surface area (Å²) in [5.41, 5.74) is 0.864. The molecule has 2 fully saturated rings. The fourth-order valence-corrected chi connectivity index (χ4v) is 2.33.